The van der Waals surface area contributed by atoms with Crippen LogP contribution in [0.4, 0.5) is 0 Å². The third-order valence-corrected chi connectivity index (χ3v) is 1.36. The quantitative estimate of drug-likeness (QED) is 0.597. The fraction of sp³-hybridized carbons (Fsp3) is 1.00. The van der Waals surface area contributed by atoms with Crippen molar-refractivity contribution < 1.29 is 4.74 Å². The zero-order valence-electron chi connectivity index (χ0n) is 8.18. The van der Waals surface area contributed by atoms with Crippen molar-refractivity contribution in [1.82, 2.24) is 5.32 Å². The monoisotopic (exact) mass is 159 g/mol. The third kappa shape index (κ3) is 7.82. The van der Waals surface area contributed by atoms with Gasteiger partial charge in [-0.15, -0.1) is 0 Å². The molecule has 0 rings (SSSR count). The Bertz CT molecular complexity index is 83.6. The van der Waals surface area contributed by atoms with Crippen molar-refractivity contribution in [2.24, 2.45) is 0 Å². The van der Waals surface area contributed by atoms with E-state index in [1.54, 1.807) is 0 Å². The Hall–Kier alpha value is -0.0800. The van der Waals surface area contributed by atoms with Gasteiger partial charge in [0.15, 0.2) is 0 Å². The first-order valence-electron chi connectivity index (χ1n) is 4.53. The molecule has 11 heavy (non-hydrogen) atoms. The Morgan fingerprint density at radius 2 is 1.91 bits per heavy atom. The van der Waals surface area contributed by atoms with Gasteiger partial charge in [0.25, 0.3) is 0 Å². The van der Waals surface area contributed by atoms with Gasteiger partial charge in [-0.1, -0.05) is 6.92 Å². The first-order chi connectivity index (χ1) is 5.16. The maximum Gasteiger partial charge on any atom is 0.0674 e. The topological polar surface area (TPSA) is 21.3 Å². The highest BCUT2D eigenvalue weighted by Gasteiger charge is 2.02. The summed E-state index contributed by atoms with van der Waals surface area (Å²) in [5.74, 6) is 0. The lowest BCUT2D eigenvalue weighted by atomic mass is 10.3. The highest BCUT2D eigenvalue weighted by Crippen LogP contribution is 1.94. The van der Waals surface area contributed by atoms with Crippen LogP contribution in [0.15, 0.2) is 0 Å². The highest BCUT2D eigenvalue weighted by molar-refractivity contribution is 4.55. The summed E-state index contributed by atoms with van der Waals surface area (Å²) in [5, 5.41) is 3.32. The summed E-state index contributed by atoms with van der Waals surface area (Å²) in [6.45, 7) is 10.5. The first-order valence-corrected chi connectivity index (χ1v) is 4.53. The molecule has 0 aromatic heterocycles. The van der Waals surface area contributed by atoms with Crippen LogP contribution >= 0.6 is 0 Å². The van der Waals surface area contributed by atoms with Crippen molar-refractivity contribution in [3.8, 4) is 0 Å². The second-order valence-corrected chi connectivity index (χ2v) is 3.20. The molecule has 0 aliphatic carbocycles. The van der Waals surface area contributed by atoms with E-state index in [1.165, 1.54) is 6.42 Å². The Balaban J connectivity index is 3.15. The van der Waals surface area contributed by atoms with E-state index in [0.717, 1.165) is 13.1 Å². The molecule has 1 atom stereocenters. The van der Waals surface area contributed by atoms with Crippen molar-refractivity contribution in [2.75, 3.05) is 13.1 Å². The Morgan fingerprint density at radius 1 is 1.27 bits per heavy atom. The molecular weight excluding hydrogens is 138 g/mol. The summed E-state index contributed by atoms with van der Waals surface area (Å²) in [5.41, 5.74) is 0. The van der Waals surface area contributed by atoms with Gasteiger partial charge in [0.1, 0.15) is 0 Å². The van der Waals surface area contributed by atoms with Gasteiger partial charge in [-0.05, 0) is 33.7 Å². The van der Waals surface area contributed by atoms with Crippen molar-refractivity contribution in [1.29, 1.82) is 0 Å². The normalized spacial score (nSPS) is 13.9. The Labute approximate surface area is 70.3 Å². The maximum absolute atomic E-state index is 5.53. The van der Waals surface area contributed by atoms with Crippen LogP contribution in [-0.2, 0) is 4.74 Å². The van der Waals surface area contributed by atoms with Crippen LogP contribution in [0, 0.1) is 0 Å². The van der Waals surface area contributed by atoms with Crippen LogP contribution in [0.1, 0.15) is 34.1 Å². The zero-order chi connectivity index (χ0) is 8.69. The van der Waals surface area contributed by atoms with Crippen molar-refractivity contribution in [3.05, 3.63) is 0 Å². The lowest BCUT2D eigenvalue weighted by molar-refractivity contribution is 0.0197. The van der Waals surface area contributed by atoms with E-state index in [0.29, 0.717) is 12.2 Å². The van der Waals surface area contributed by atoms with E-state index < -0.39 is 0 Å². The number of hydrogen-bond donors (Lipinski definition) is 1. The van der Waals surface area contributed by atoms with Crippen LogP contribution in [0.5, 0.6) is 0 Å². The van der Waals surface area contributed by atoms with Crippen LogP contribution in [0.2, 0.25) is 0 Å². The van der Waals surface area contributed by atoms with Gasteiger partial charge in [-0.2, -0.15) is 0 Å². The van der Waals surface area contributed by atoms with Crippen molar-refractivity contribution in [2.45, 2.75) is 46.3 Å². The van der Waals surface area contributed by atoms with E-state index in [9.17, 15) is 0 Å². The molecule has 0 aromatic rings. The van der Waals surface area contributed by atoms with Crippen LogP contribution < -0.4 is 5.32 Å². The van der Waals surface area contributed by atoms with Gasteiger partial charge in [0, 0.05) is 6.54 Å². The van der Waals surface area contributed by atoms with Crippen LogP contribution in [-0.4, -0.2) is 25.3 Å². The molecule has 68 valence electrons. The van der Waals surface area contributed by atoms with E-state index in [1.807, 2.05) is 0 Å². The number of ether oxygens (including phenoxy) is 1. The highest BCUT2D eigenvalue weighted by atomic mass is 16.5. The molecule has 2 heteroatoms. The molecule has 0 amide bonds. The SMILES string of the molecule is CCCNCC(C)OC(C)C. The van der Waals surface area contributed by atoms with Gasteiger partial charge in [0.2, 0.25) is 0 Å². The third-order valence-electron chi connectivity index (χ3n) is 1.36. The molecule has 0 aliphatic heterocycles. The van der Waals surface area contributed by atoms with E-state index in [4.69, 9.17) is 4.74 Å². The maximum atomic E-state index is 5.53. The molecule has 0 aromatic carbocycles. The summed E-state index contributed by atoms with van der Waals surface area (Å²) < 4.78 is 5.53. The minimum atomic E-state index is 0.335. The van der Waals surface area contributed by atoms with E-state index >= 15 is 0 Å². The van der Waals surface area contributed by atoms with Gasteiger partial charge in [-0.3, -0.25) is 0 Å². The summed E-state index contributed by atoms with van der Waals surface area (Å²) in [6, 6.07) is 0. The second-order valence-electron chi connectivity index (χ2n) is 3.20. The fourth-order valence-corrected chi connectivity index (χ4v) is 0.995. The average Bonchev–Trinajstić information content (AvgIpc) is 1.86. The number of nitrogens with one attached hydrogen (secondary N) is 1. The molecule has 0 spiro atoms. The minimum Gasteiger partial charge on any atom is -0.375 e. The van der Waals surface area contributed by atoms with E-state index in [2.05, 4.69) is 33.0 Å². The molecule has 0 saturated heterocycles. The molecule has 0 fully saturated rings. The predicted octanol–water partition coefficient (Wildman–Crippen LogP) is 1.80. The van der Waals surface area contributed by atoms with Crippen molar-refractivity contribution in [3.63, 3.8) is 0 Å². The predicted molar refractivity (Wildman–Crippen MR) is 48.8 cm³/mol. The lowest BCUT2D eigenvalue weighted by Crippen LogP contribution is -2.29. The smallest absolute Gasteiger partial charge is 0.0674 e. The average molecular weight is 159 g/mol. The summed E-state index contributed by atoms with van der Waals surface area (Å²) in [6.07, 6.45) is 1.86. The second kappa shape index (κ2) is 6.62. The molecule has 0 saturated carbocycles. The number of rotatable bonds is 6. The molecule has 2 nitrogen and oxygen atoms in total. The van der Waals surface area contributed by atoms with E-state index in [-0.39, 0.29) is 0 Å². The van der Waals surface area contributed by atoms with Crippen LogP contribution in [0.25, 0.3) is 0 Å². The molecule has 0 aliphatic rings. The Kier molecular flexibility index (Phi) is 6.57. The summed E-state index contributed by atoms with van der Waals surface area (Å²) in [4.78, 5) is 0. The molecular formula is C9H21NO. The Morgan fingerprint density at radius 3 is 2.36 bits per heavy atom. The lowest BCUT2D eigenvalue weighted by Gasteiger charge is -2.16. The van der Waals surface area contributed by atoms with Gasteiger partial charge >= 0.3 is 0 Å². The molecule has 0 heterocycles. The first kappa shape index (κ1) is 10.9. The van der Waals surface area contributed by atoms with Gasteiger partial charge in [0.05, 0.1) is 12.2 Å². The van der Waals surface area contributed by atoms with Crippen LogP contribution in [0.3, 0.4) is 0 Å². The van der Waals surface area contributed by atoms with Gasteiger partial charge < -0.3 is 10.1 Å². The standard InChI is InChI=1S/C9H21NO/c1-5-6-10-7-9(4)11-8(2)3/h8-10H,5-7H2,1-4H3. The molecule has 0 bridgehead atoms. The zero-order valence-corrected chi connectivity index (χ0v) is 8.18. The van der Waals surface area contributed by atoms with Crippen molar-refractivity contribution >= 4 is 0 Å². The number of hydrogen-bond acceptors (Lipinski definition) is 2. The molecule has 0 radical (unpaired) electrons. The minimum absolute atomic E-state index is 0.335. The molecule has 1 N–H and O–H groups in total. The summed E-state index contributed by atoms with van der Waals surface area (Å²) >= 11 is 0. The van der Waals surface area contributed by atoms with Gasteiger partial charge in [-0.25, -0.2) is 0 Å². The summed E-state index contributed by atoms with van der Waals surface area (Å²) in [7, 11) is 0. The molecule has 1 unspecified atom stereocenters. The fourth-order valence-electron chi connectivity index (χ4n) is 0.995. The largest absolute Gasteiger partial charge is 0.375 e.